The third-order valence-corrected chi connectivity index (χ3v) is 6.57. The van der Waals surface area contributed by atoms with Crippen LogP contribution in [0.1, 0.15) is 45.6 Å². The minimum atomic E-state index is -0.493. The highest BCUT2D eigenvalue weighted by molar-refractivity contribution is 6.06. The number of carbonyl (C=O) groups excluding carboxylic acids is 1. The zero-order valence-corrected chi connectivity index (χ0v) is 13.7. The second-order valence-electron chi connectivity index (χ2n) is 7.59. The van der Waals surface area contributed by atoms with Gasteiger partial charge in [-0.05, 0) is 42.9 Å². The molecule has 2 bridgehead atoms. The largest absolute Gasteiger partial charge is 0.411 e. The predicted molar refractivity (Wildman–Crippen MR) is 87.2 cm³/mol. The molecule has 4 heteroatoms. The van der Waals surface area contributed by atoms with Gasteiger partial charge in [-0.3, -0.25) is 4.79 Å². The van der Waals surface area contributed by atoms with Gasteiger partial charge in [0.05, 0.1) is 11.1 Å². The van der Waals surface area contributed by atoms with Gasteiger partial charge in [0.25, 0.3) is 0 Å². The fourth-order valence-electron chi connectivity index (χ4n) is 4.51. The number of fused-ring (bicyclic) bond motifs is 2. The molecule has 0 radical (unpaired) electrons. The Hall–Kier alpha value is -1.84. The molecule has 2 saturated carbocycles. The second kappa shape index (κ2) is 4.58. The Bertz CT molecular complexity index is 665. The van der Waals surface area contributed by atoms with Crippen LogP contribution in [0.4, 0.5) is 5.69 Å². The average molecular weight is 300 g/mol. The lowest BCUT2D eigenvalue weighted by molar-refractivity contribution is -0.130. The molecule has 2 aliphatic carbocycles. The minimum absolute atomic E-state index is 0.0467. The molecule has 1 amide bonds. The molecule has 2 aliphatic rings. The number of nitrogens with one attached hydrogen (secondary N) is 1. The van der Waals surface area contributed by atoms with Crippen LogP contribution in [0.15, 0.2) is 29.4 Å². The van der Waals surface area contributed by atoms with Crippen LogP contribution in [0.2, 0.25) is 0 Å². The van der Waals surface area contributed by atoms with Gasteiger partial charge < -0.3 is 10.5 Å². The van der Waals surface area contributed by atoms with Crippen LogP contribution in [0.5, 0.6) is 0 Å². The maximum absolute atomic E-state index is 13.1. The monoisotopic (exact) mass is 300 g/mol. The van der Waals surface area contributed by atoms with Crippen LogP contribution in [0, 0.1) is 23.2 Å². The van der Waals surface area contributed by atoms with E-state index in [1.807, 2.05) is 31.2 Å². The van der Waals surface area contributed by atoms with E-state index in [0.717, 1.165) is 29.8 Å². The minimum Gasteiger partial charge on any atom is -0.411 e. The van der Waals surface area contributed by atoms with Crippen LogP contribution >= 0.6 is 0 Å². The molecule has 0 unspecified atom stereocenters. The van der Waals surface area contributed by atoms with Crippen molar-refractivity contribution in [2.24, 2.45) is 21.4 Å². The Morgan fingerprint density at radius 1 is 1.27 bits per heavy atom. The first kappa shape index (κ1) is 15.1. The molecule has 22 heavy (non-hydrogen) atoms. The third-order valence-electron chi connectivity index (χ3n) is 6.57. The van der Waals surface area contributed by atoms with Crippen LogP contribution in [0.25, 0.3) is 0 Å². The Kier molecular flexibility index (Phi) is 3.13. The number of hydrogen-bond acceptors (Lipinski definition) is 3. The van der Waals surface area contributed by atoms with Crippen molar-refractivity contribution in [1.82, 2.24) is 0 Å². The number of nitrogens with zero attached hydrogens (tertiary/aromatic N) is 1. The van der Waals surface area contributed by atoms with Crippen LogP contribution in [-0.2, 0) is 4.79 Å². The van der Waals surface area contributed by atoms with Gasteiger partial charge in [-0.1, -0.05) is 38.1 Å². The third kappa shape index (κ3) is 1.70. The van der Waals surface area contributed by atoms with E-state index in [4.69, 9.17) is 0 Å². The molecule has 2 atom stereocenters. The summed E-state index contributed by atoms with van der Waals surface area (Å²) in [5, 5.41) is 16.0. The number of oxime groups is 1. The van der Waals surface area contributed by atoms with Gasteiger partial charge in [0.1, 0.15) is 0 Å². The van der Waals surface area contributed by atoms with Crippen molar-refractivity contribution < 1.29 is 10.0 Å². The van der Waals surface area contributed by atoms with Gasteiger partial charge in [0.2, 0.25) is 5.91 Å². The first-order valence-electron chi connectivity index (χ1n) is 7.86. The van der Waals surface area contributed by atoms with Crippen LogP contribution in [-0.4, -0.2) is 16.8 Å². The highest BCUT2D eigenvalue weighted by Crippen LogP contribution is 2.71. The highest BCUT2D eigenvalue weighted by atomic mass is 16.4. The van der Waals surface area contributed by atoms with Crippen molar-refractivity contribution in [2.45, 2.75) is 47.0 Å². The standard InChI is InChI=1S/C18H24N2O2/c1-12-6-5-7-13(10-12)19-15(21)18-9-8-17(4,16(18,2)3)14(11-18)20-22/h5-7,10,22H,8-9,11H2,1-4H3,(H,19,21)/t17-,18+/m1/s1. The first-order valence-corrected chi connectivity index (χ1v) is 7.86. The van der Waals surface area contributed by atoms with Crippen molar-refractivity contribution in [1.29, 1.82) is 0 Å². The zero-order valence-electron chi connectivity index (χ0n) is 13.7. The molecule has 0 saturated heterocycles. The van der Waals surface area contributed by atoms with Gasteiger partial charge in [-0.15, -0.1) is 0 Å². The molecule has 1 aromatic carbocycles. The molecule has 2 fully saturated rings. The maximum Gasteiger partial charge on any atom is 0.231 e. The fourth-order valence-corrected chi connectivity index (χ4v) is 4.51. The first-order chi connectivity index (χ1) is 10.3. The molecule has 1 aromatic rings. The molecular formula is C18H24N2O2. The summed E-state index contributed by atoms with van der Waals surface area (Å²) in [5.41, 5.74) is 1.80. The molecule has 3 rings (SSSR count). The van der Waals surface area contributed by atoms with Crippen molar-refractivity contribution in [2.75, 3.05) is 5.32 Å². The van der Waals surface area contributed by atoms with Gasteiger partial charge in [-0.2, -0.15) is 0 Å². The molecular weight excluding hydrogens is 276 g/mol. The number of rotatable bonds is 2. The maximum atomic E-state index is 13.1. The van der Waals surface area contributed by atoms with Crippen LogP contribution in [0.3, 0.4) is 0 Å². The van der Waals surface area contributed by atoms with Gasteiger partial charge in [-0.25, -0.2) is 0 Å². The molecule has 0 spiro atoms. The quantitative estimate of drug-likeness (QED) is 0.641. The van der Waals surface area contributed by atoms with E-state index >= 15 is 0 Å². The van der Waals surface area contributed by atoms with E-state index in [1.54, 1.807) is 0 Å². The van der Waals surface area contributed by atoms with E-state index in [1.165, 1.54) is 0 Å². The summed E-state index contributed by atoms with van der Waals surface area (Å²) < 4.78 is 0. The predicted octanol–water partition coefficient (Wildman–Crippen LogP) is 3.98. The molecule has 4 nitrogen and oxygen atoms in total. The fraction of sp³-hybridized carbons (Fsp3) is 0.556. The average Bonchev–Trinajstić information content (AvgIpc) is 2.77. The van der Waals surface area contributed by atoms with Crippen molar-refractivity contribution in [3.63, 3.8) is 0 Å². The number of anilines is 1. The van der Waals surface area contributed by atoms with Crippen molar-refractivity contribution in [3.05, 3.63) is 29.8 Å². The number of aryl methyl sites for hydroxylation is 1. The summed E-state index contributed by atoms with van der Waals surface area (Å²) in [6.07, 6.45) is 2.28. The highest BCUT2D eigenvalue weighted by Gasteiger charge is 2.71. The Morgan fingerprint density at radius 2 is 2.00 bits per heavy atom. The van der Waals surface area contributed by atoms with E-state index in [0.29, 0.717) is 6.42 Å². The summed E-state index contributed by atoms with van der Waals surface area (Å²) >= 11 is 0. The van der Waals surface area contributed by atoms with Crippen molar-refractivity contribution >= 4 is 17.3 Å². The van der Waals surface area contributed by atoms with Gasteiger partial charge in [0, 0.05) is 17.5 Å². The normalized spacial score (nSPS) is 34.1. The molecule has 0 heterocycles. The second-order valence-corrected chi connectivity index (χ2v) is 7.59. The lowest BCUT2D eigenvalue weighted by Gasteiger charge is -2.39. The summed E-state index contributed by atoms with van der Waals surface area (Å²) in [7, 11) is 0. The Morgan fingerprint density at radius 3 is 2.59 bits per heavy atom. The summed E-state index contributed by atoms with van der Waals surface area (Å²) in [5.74, 6) is 0.0467. The summed E-state index contributed by atoms with van der Waals surface area (Å²) in [6, 6.07) is 7.85. The van der Waals surface area contributed by atoms with E-state index < -0.39 is 5.41 Å². The zero-order chi connectivity index (χ0) is 16.2. The molecule has 0 aliphatic heterocycles. The van der Waals surface area contributed by atoms with E-state index in [9.17, 15) is 10.0 Å². The number of hydrogen-bond donors (Lipinski definition) is 2. The Labute approximate surface area is 131 Å². The van der Waals surface area contributed by atoms with Gasteiger partial charge in [0.15, 0.2) is 0 Å². The van der Waals surface area contributed by atoms with E-state index in [-0.39, 0.29) is 16.7 Å². The number of benzene rings is 1. The Balaban J connectivity index is 1.95. The lowest BCUT2D eigenvalue weighted by atomic mass is 9.64. The number of amides is 1. The summed E-state index contributed by atoms with van der Waals surface area (Å²) in [4.78, 5) is 13.1. The SMILES string of the molecule is Cc1cccc(NC(=O)[C@]23CC[C@](C)(C(=NO)C2)C3(C)C)c1. The van der Waals surface area contributed by atoms with Gasteiger partial charge >= 0.3 is 0 Å². The smallest absolute Gasteiger partial charge is 0.231 e. The van der Waals surface area contributed by atoms with Crippen LogP contribution < -0.4 is 5.32 Å². The lowest BCUT2D eigenvalue weighted by Crippen LogP contribution is -2.43. The van der Waals surface area contributed by atoms with Crippen molar-refractivity contribution in [3.8, 4) is 0 Å². The number of carbonyl (C=O) groups is 1. The summed E-state index contributed by atoms with van der Waals surface area (Å²) in [6.45, 7) is 8.40. The molecule has 118 valence electrons. The topological polar surface area (TPSA) is 61.7 Å². The van der Waals surface area contributed by atoms with E-state index in [2.05, 4.69) is 31.2 Å². The molecule has 0 aromatic heterocycles. The molecule has 2 N–H and O–H groups in total.